The molecule has 0 saturated heterocycles. The zero-order chi connectivity index (χ0) is 25.5. The third kappa shape index (κ3) is 3.76. The zero-order valence-electron chi connectivity index (χ0n) is 20.4. The first-order valence-corrected chi connectivity index (χ1v) is 12.9. The number of fused-ring (bicyclic) bond motifs is 2. The maximum Gasteiger partial charge on any atom is 0.166 e. The summed E-state index contributed by atoms with van der Waals surface area (Å²) in [4.78, 5) is 9.54. The van der Waals surface area contributed by atoms with Gasteiger partial charge in [-0.05, 0) is 51.2 Å². The van der Waals surface area contributed by atoms with E-state index in [0.717, 1.165) is 28.3 Å². The van der Waals surface area contributed by atoms with Gasteiger partial charge in [0.1, 0.15) is 11.3 Å². The van der Waals surface area contributed by atoms with Gasteiger partial charge in [-0.25, -0.2) is 9.97 Å². The Morgan fingerprint density at radius 2 is 1.08 bits per heavy atom. The molecule has 2 aromatic heterocycles. The zero-order valence-corrected chi connectivity index (χ0v) is 21.2. The number of imidazole rings is 1. The molecule has 0 bridgehead atoms. The van der Waals surface area contributed by atoms with Gasteiger partial charge in [-0.1, -0.05) is 121 Å². The minimum atomic E-state index is 0.590. The van der Waals surface area contributed by atoms with Crippen LogP contribution in [0.1, 0.15) is 0 Å². The van der Waals surface area contributed by atoms with Crippen molar-refractivity contribution in [1.82, 2.24) is 14.5 Å². The number of rotatable bonds is 4. The van der Waals surface area contributed by atoms with Crippen LogP contribution in [0.2, 0.25) is 5.02 Å². The molecule has 0 saturated carbocycles. The van der Waals surface area contributed by atoms with Gasteiger partial charge < -0.3 is 0 Å². The van der Waals surface area contributed by atoms with E-state index in [1.807, 2.05) is 18.2 Å². The molecule has 0 atom stereocenters. The lowest BCUT2D eigenvalue weighted by atomic mass is 9.92. The van der Waals surface area contributed by atoms with Gasteiger partial charge in [-0.15, -0.1) is 0 Å². The normalized spacial score (nSPS) is 11.3. The molecule has 7 rings (SSSR count). The summed E-state index contributed by atoms with van der Waals surface area (Å²) in [5, 5.41) is 3.06. The monoisotopic (exact) mass is 507 g/mol. The van der Waals surface area contributed by atoms with Crippen molar-refractivity contribution in [2.75, 3.05) is 0 Å². The number of aromatic nitrogens is 3. The van der Waals surface area contributed by atoms with Gasteiger partial charge >= 0.3 is 0 Å². The fourth-order valence-corrected chi connectivity index (χ4v) is 5.36. The molecular weight excluding hydrogens is 486 g/mol. The molecule has 0 aliphatic rings. The lowest BCUT2D eigenvalue weighted by Crippen LogP contribution is -1.98. The highest BCUT2D eigenvalue weighted by molar-refractivity contribution is 6.34. The van der Waals surface area contributed by atoms with E-state index in [1.165, 1.54) is 27.5 Å². The molecule has 180 valence electrons. The standard InChI is InChI=1S/C34H22ClN3/c35-31-21-22-36-34-32(31)37-33(38(34)26-11-5-2-6-12-26)25-17-15-24(16-18-25)28-20-19-27(23-9-3-1-4-10-23)29-13-7-8-14-30(28)29/h1-22H. The first kappa shape index (κ1) is 22.5. The summed E-state index contributed by atoms with van der Waals surface area (Å²) >= 11 is 6.52. The topological polar surface area (TPSA) is 30.7 Å². The fraction of sp³-hybridized carbons (Fsp3) is 0. The van der Waals surface area contributed by atoms with Crippen molar-refractivity contribution < 1.29 is 0 Å². The Balaban J connectivity index is 1.36. The largest absolute Gasteiger partial charge is 0.277 e. The van der Waals surface area contributed by atoms with Crippen LogP contribution in [-0.2, 0) is 0 Å². The number of nitrogens with zero attached hydrogens (tertiary/aromatic N) is 3. The van der Waals surface area contributed by atoms with Crippen LogP contribution >= 0.6 is 11.6 Å². The predicted octanol–water partition coefficient (Wildman–Crippen LogP) is 9.23. The SMILES string of the molecule is Clc1ccnc2c1nc(-c1ccc(-c3ccc(-c4ccccc4)c4ccccc34)cc1)n2-c1ccccc1. The summed E-state index contributed by atoms with van der Waals surface area (Å²) in [6.07, 6.45) is 1.73. The van der Waals surface area contributed by atoms with Crippen molar-refractivity contribution >= 4 is 33.5 Å². The Labute approximate surface area is 225 Å². The van der Waals surface area contributed by atoms with E-state index in [2.05, 4.69) is 113 Å². The van der Waals surface area contributed by atoms with Crippen LogP contribution in [0.15, 0.2) is 134 Å². The Bertz CT molecular complexity index is 1910. The summed E-state index contributed by atoms with van der Waals surface area (Å²) in [5.41, 5.74) is 8.24. The highest BCUT2D eigenvalue weighted by Gasteiger charge is 2.17. The summed E-state index contributed by atoms with van der Waals surface area (Å²) in [6.45, 7) is 0. The molecule has 0 aliphatic heterocycles. The third-order valence-corrected chi connectivity index (χ3v) is 7.28. The van der Waals surface area contributed by atoms with Crippen molar-refractivity contribution in [3.63, 3.8) is 0 Å². The van der Waals surface area contributed by atoms with Crippen molar-refractivity contribution in [2.45, 2.75) is 0 Å². The minimum absolute atomic E-state index is 0.590. The van der Waals surface area contributed by atoms with Gasteiger partial charge in [0.05, 0.1) is 5.02 Å². The highest BCUT2D eigenvalue weighted by Crippen LogP contribution is 2.37. The molecule has 0 radical (unpaired) electrons. The quantitative estimate of drug-likeness (QED) is 0.237. The molecule has 38 heavy (non-hydrogen) atoms. The van der Waals surface area contributed by atoms with E-state index >= 15 is 0 Å². The van der Waals surface area contributed by atoms with Crippen LogP contribution in [-0.4, -0.2) is 14.5 Å². The minimum Gasteiger partial charge on any atom is -0.277 e. The second-order valence-electron chi connectivity index (χ2n) is 9.22. The van der Waals surface area contributed by atoms with E-state index in [0.29, 0.717) is 10.5 Å². The third-order valence-electron chi connectivity index (χ3n) is 6.97. The summed E-state index contributed by atoms with van der Waals surface area (Å²) in [7, 11) is 0. The molecule has 5 aromatic carbocycles. The Morgan fingerprint density at radius 1 is 0.526 bits per heavy atom. The van der Waals surface area contributed by atoms with E-state index in [-0.39, 0.29) is 0 Å². The smallest absolute Gasteiger partial charge is 0.166 e. The fourth-order valence-electron chi connectivity index (χ4n) is 5.18. The number of para-hydroxylation sites is 1. The van der Waals surface area contributed by atoms with Crippen molar-refractivity contribution in [3.05, 3.63) is 139 Å². The average Bonchev–Trinajstić information content (AvgIpc) is 3.39. The van der Waals surface area contributed by atoms with E-state index in [1.54, 1.807) is 12.3 Å². The molecule has 0 spiro atoms. The van der Waals surface area contributed by atoms with Gasteiger partial charge in [0.15, 0.2) is 5.65 Å². The highest BCUT2D eigenvalue weighted by atomic mass is 35.5. The Morgan fingerprint density at radius 3 is 1.74 bits per heavy atom. The van der Waals surface area contributed by atoms with Gasteiger partial charge in [-0.3, -0.25) is 4.57 Å². The van der Waals surface area contributed by atoms with Gasteiger partial charge in [0, 0.05) is 17.4 Å². The van der Waals surface area contributed by atoms with Crippen LogP contribution in [0.3, 0.4) is 0 Å². The van der Waals surface area contributed by atoms with E-state index in [9.17, 15) is 0 Å². The molecule has 2 heterocycles. The van der Waals surface area contributed by atoms with Gasteiger partial charge in [-0.2, -0.15) is 0 Å². The van der Waals surface area contributed by atoms with Crippen LogP contribution in [0.5, 0.6) is 0 Å². The number of halogens is 1. The van der Waals surface area contributed by atoms with Crippen molar-refractivity contribution in [1.29, 1.82) is 0 Å². The first-order valence-electron chi connectivity index (χ1n) is 12.5. The van der Waals surface area contributed by atoms with E-state index in [4.69, 9.17) is 16.6 Å². The average molecular weight is 508 g/mol. The van der Waals surface area contributed by atoms with Crippen LogP contribution in [0.4, 0.5) is 0 Å². The number of hydrogen-bond donors (Lipinski definition) is 0. The van der Waals surface area contributed by atoms with Crippen molar-refractivity contribution in [3.8, 4) is 39.3 Å². The maximum absolute atomic E-state index is 6.52. The number of pyridine rings is 1. The molecule has 7 aromatic rings. The number of hydrogen-bond acceptors (Lipinski definition) is 2. The van der Waals surface area contributed by atoms with Crippen molar-refractivity contribution in [2.24, 2.45) is 0 Å². The summed E-state index contributed by atoms with van der Waals surface area (Å²) < 4.78 is 2.07. The maximum atomic E-state index is 6.52. The summed E-state index contributed by atoms with van der Waals surface area (Å²) in [5.74, 6) is 0.808. The molecular formula is C34H22ClN3. The van der Waals surface area contributed by atoms with Crippen LogP contribution < -0.4 is 0 Å². The predicted molar refractivity (Wildman–Crippen MR) is 158 cm³/mol. The first-order chi connectivity index (χ1) is 18.8. The summed E-state index contributed by atoms with van der Waals surface area (Å²) in [6, 6.07) is 44.1. The number of benzene rings is 5. The van der Waals surface area contributed by atoms with Crippen LogP contribution in [0.25, 0.3) is 61.3 Å². The molecule has 3 nitrogen and oxygen atoms in total. The Kier molecular flexibility index (Phi) is 5.49. The molecule has 0 amide bonds. The molecule has 0 aliphatic carbocycles. The second-order valence-corrected chi connectivity index (χ2v) is 9.63. The molecule has 0 unspecified atom stereocenters. The molecule has 0 fully saturated rings. The molecule has 4 heteroatoms. The van der Waals surface area contributed by atoms with Crippen LogP contribution in [0, 0.1) is 0 Å². The van der Waals surface area contributed by atoms with Gasteiger partial charge in [0.2, 0.25) is 0 Å². The van der Waals surface area contributed by atoms with E-state index < -0.39 is 0 Å². The molecule has 0 N–H and O–H groups in total. The Hall–Kier alpha value is -4.73. The second kappa shape index (κ2) is 9.29. The lowest BCUT2D eigenvalue weighted by molar-refractivity contribution is 1.08. The lowest BCUT2D eigenvalue weighted by Gasteiger charge is -2.13. The van der Waals surface area contributed by atoms with Gasteiger partial charge in [0.25, 0.3) is 0 Å².